The van der Waals surface area contributed by atoms with E-state index in [1.165, 1.54) is 13.0 Å². The Labute approximate surface area is 125 Å². The third-order valence-corrected chi connectivity index (χ3v) is 3.39. The third kappa shape index (κ3) is 4.78. The van der Waals surface area contributed by atoms with E-state index in [0.717, 1.165) is 19.4 Å². The van der Waals surface area contributed by atoms with Crippen LogP contribution in [0.1, 0.15) is 42.6 Å². The van der Waals surface area contributed by atoms with Gasteiger partial charge in [-0.1, -0.05) is 24.9 Å². The molecule has 1 aromatic rings. The number of hydrogen-bond donors (Lipinski definition) is 2. The van der Waals surface area contributed by atoms with E-state index in [4.69, 9.17) is 16.7 Å². The van der Waals surface area contributed by atoms with Gasteiger partial charge in [-0.05, 0) is 32.0 Å². The summed E-state index contributed by atoms with van der Waals surface area (Å²) in [6.45, 7) is 5.39. The van der Waals surface area contributed by atoms with Gasteiger partial charge in [-0.3, -0.25) is 9.69 Å². The smallest absolute Gasteiger partial charge is 0.163 e. The molecule has 1 rings (SSSR count). The Kier molecular flexibility index (Phi) is 6.99. The lowest BCUT2D eigenvalue weighted by Gasteiger charge is -2.22. The first-order valence-electron chi connectivity index (χ1n) is 6.85. The summed E-state index contributed by atoms with van der Waals surface area (Å²) in [5, 5.41) is 19.7. The Morgan fingerprint density at radius 2 is 2.05 bits per heavy atom. The fourth-order valence-electron chi connectivity index (χ4n) is 2.08. The summed E-state index contributed by atoms with van der Waals surface area (Å²) in [4.78, 5) is 13.5. The highest BCUT2D eigenvalue weighted by Crippen LogP contribution is 2.28. The number of phenols is 1. The number of aromatic hydroxyl groups is 1. The van der Waals surface area contributed by atoms with Gasteiger partial charge < -0.3 is 10.2 Å². The predicted molar refractivity (Wildman–Crippen MR) is 80.4 cm³/mol. The molecular formula is C15H22ClNO3. The van der Waals surface area contributed by atoms with E-state index < -0.39 is 0 Å². The van der Waals surface area contributed by atoms with Crippen LogP contribution in [0.4, 0.5) is 0 Å². The zero-order valence-corrected chi connectivity index (χ0v) is 12.8. The molecule has 0 amide bonds. The number of benzene rings is 1. The Bertz CT molecular complexity index is 463. The number of phenolic OH excluding ortho intramolecular Hbond substituents is 1. The van der Waals surface area contributed by atoms with E-state index in [2.05, 4.69) is 6.92 Å². The summed E-state index contributed by atoms with van der Waals surface area (Å²) < 4.78 is 0. The monoisotopic (exact) mass is 299 g/mol. The van der Waals surface area contributed by atoms with Crippen LogP contribution in [0.15, 0.2) is 12.1 Å². The van der Waals surface area contributed by atoms with Crippen LogP contribution in [-0.4, -0.2) is 40.6 Å². The molecule has 1 aromatic carbocycles. The van der Waals surface area contributed by atoms with Crippen molar-refractivity contribution in [2.24, 2.45) is 0 Å². The maximum Gasteiger partial charge on any atom is 0.163 e. The number of hydrogen-bond acceptors (Lipinski definition) is 4. The molecule has 0 spiro atoms. The molecule has 0 saturated carbocycles. The van der Waals surface area contributed by atoms with E-state index in [9.17, 15) is 9.90 Å². The van der Waals surface area contributed by atoms with Gasteiger partial charge in [-0.25, -0.2) is 0 Å². The molecule has 0 aromatic heterocycles. The van der Waals surface area contributed by atoms with E-state index in [-0.39, 0.29) is 23.7 Å². The summed E-state index contributed by atoms with van der Waals surface area (Å²) in [6.07, 6.45) is 2.07. The Balaban J connectivity index is 2.96. The number of unbranched alkanes of at least 4 members (excludes halogenated alkanes) is 1. The first-order valence-corrected chi connectivity index (χ1v) is 7.22. The molecule has 0 saturated heterocycles. The van der Waals surface area contributed by atoms with Gasteiger partial charge in [-0.2, -0.15) is 0 Å². The average molecular weight is 300 g/mol. The van der Waals surface area contributed by atoms with Gasteiger partial charge in [0, 0.05) is 23.7 Å². The fourth-order valence-corrected chi connectivity index (χ4v) is 2.32. The molecule has 0 unspecified atom stereocenters. The molecule has 0 aliphatic heterocycles. The largest absolute Gasteiger partial charge is 0.507 e. The highest BCUT2D eigenvalue weighted by Gasteiger charge is 2.15. The van der Waals surface area contributed by atoms with Crippen LogP contribution >= 0.6 is 11.6 Å². The van der Waals surface area contributed by atoms with Crippen molar-refractivity contribution in [3.63, 3.8) is 0 Å². The van der Waals surface area contributed by atoms with E-state index >= 15 is 0 Å². The van der Waals surface area contributed by atoms with Crippen LogP contribution in [0.3, 0.4) is 0 Å². The molecule has 0 aliphatic carbocycles. The number of nitrogens with zero attached hydrogens (tertiary/aromatic N) is 1. The maximum atomic E-state index is 11.5. The van der Waals surface area contributed by atoms with Crippen molar-refractivity contribution < 1.29 is 15.0 Å². The van der Waals surface area contributed by atoms with Crippen molar-refractivity contribution in [2.45, 2.75) is 33.2 Å². The molecule has 5 heteroatoms. The van der Waals surface area contributed by atoms with Gasteiger partial charge in [0.15, 0.2) is 5.78 Å². The summed E-state index contributed by atoms with van der Waals surface area (Å²) in [5.74, 6) is -0.227. The molecule has 2 N–H and O–H groups in total. The summed E-state index contributed by atoms with van der Waals surface area (Å²) in [6, 6.07) is 3.14. The summed E-state index contributed by atoms with van der Waals surface area (Å²) >= 11 is 6.00. The SMILES string of the molecule is CCCCN(CCO)Cc1cc(Cl)cc(C(C)=O)c1O. The van der Waals surface area contributed by atoms with Crippen molar-refractivity contribution in [3.8, 4) is 5.75 Å². The number of aliphatic hydroxyl groups is 1. The van der Waals surface area contributed by atoms with Crippen LogP contribution in [-0.2, 0) is 6.54 Å². The zero-order chi connectivity index (χ0) is 15.1. The predicted octanol–water partition coefficient (Wildman–Crippen LogP) is 2.84. The van der Waals surface area contributed by atoms with Gasteiger partial charge >= 0.3 is 0 Å². The number of ketones is 1. The van der Waals surface area contributed by atoms with Crippen LogP contribution in [0, 0.1) is 0 Å². The van der Waals surface area contributed by atoms with Crippen LogP contribution in [0.2, 0.25) is 5.02 Å². The molecule has 0 atom stereocenters. The molecule has 0 heterocycles. The lowest BCUT2D eigenvalue weighted by atomic mass is 10.1. The summed E-state index contributed by atoms with van der Waals surface area (Å²) in [5.41, 5.74) is 0.860. The molecule has 0 radical (unpaired) electrons. The van der Waals surface area contributed by atoms with Crippen molar-refractivity contribution in [1.29, 1.82) is 0 Å². The van der Waals surface area contributed by atoms with Gasteiger partial charge in [0.05, 0.1) is 12.2 Å². The van der Waals surface area contributed by atoms with Crippen LogP contribution < -0.4 is 0 Å². The highest BCUT2D eigenvalue weighted by molar-refractivity contribution is 6.31. The van der Waals surface area contributed by atoms with Crippen molar-refractivity contribution >= 4 is 17.4 Å². The third-order valence-electron chi connectivity index (χ3n) is 3.17. The first-order chi connectivity index (χ1) is 9.49. The second-order valence-electron chi connectivity index (χ2n) is 4.87. The average Bonchev–Trinajstić information content (AvgIpc) is 2.39. The fraction of sp³-hybridized carbons (Fsp3) is 0.533. The van der Waals surface area contributed by atoms with Gasteiger partial charge in [0.25, 0.3) is 0 Å². The Morgan fingerprint density at radius 1 is 1.35 bits per heavy atom. The van der Waals surface area contributed by atoms with E-state index in [1.54, 1.807) is 6.07 Å². The van der Waals surface area contributed by atoms with Gasteiger partial charge in [-0.15, -0.1) is 0 Å². The standard InChI is InChI=1S/C15H22ClNO3/c1-3-4-5-17(6-7-18)10-12-8-13(16)9-14(11(2)19)15(12)20/h8-9,18,20H,3-7,10H2,1-2H3. The summed E-state index contributed by atoms with van der Waals surface area (Å²) in [7, 11) is 0. The van der Waals surface area contributed by atoms with Crippen molar-refractivity contribution in [2.75, 3.05) is 19.7 Å². The number of aliphatic hydroxyl groups excluding tert-OH is 1. The minimum absolute atomic E-state index is 0.0126. The molecule has 20 heavy (non-hydrogen) atoms. The second kappa shape index (κ2) is 8.25. The zero-order valence-electron chi connectivity index (χ0n) is 12.0. The molecule has 112 valence electrons. The van der Waals surface area contributed by atoms with Crippen LogP contribution in [0.25, 0.3) is 0 Å². The molecular weight excluding hydrogens is 278 g/mol. The maximum absolute atomic E-state index is 11.5. The number of rotatable bonds is 8. The minimum atomic E-state index is -0.214. The first kappa shape index (κ1) is 17.0. The van der Waals surface area contributed by atoms with Gasteiger partial charge in [0.1, 0.15) is 5.75 Å². The van der Waals surface area contributed by atoms with Crippen LogP contribution in [0.5, 0.6) is 5.75 Å². The Hall–Kier alpha value is -1.10. The Morgan fingerprint density at radius 3 is 2.60 bits per heavy atom. The lowest BCUT2D eigenvalue weighted by molar-refractivity contribution is 0.101. The number of carbonyl (C=O) groups is 1. The molecule has 0 fully saturated rings. The number of halogens is 1. The van der Waals surface area contributed by atoms with Crippen molar-refractivity contribution in [3.05, 3.63) is 28.3 Å². The topological polar surface area (TPSA) is 60.8 Å². The van der Waals surface area contributed by atoms with E-state index in [0.29, 0.717) is 23.7 Å². The molecule has 0 aliphatic rings. The van der Waals surface area contributed by atoms with Gasteiger partial charge in [0.2, 0.25) is 0 Å². The second-order valence-corrected chi connectivity index (χ2v) is 5.31. The normalized spacial score (nSPS) is 11.1. The number of Topliss-reactive ketones (excluding diaryl/α,β-unsaturated/α-hetero) is 1. The number of carbonyl (C=O) groups excluding carboxylic acids is 1. The van der Waals surface area contributed by atoms with Crippen molar-refractivity contribution in [1.82, 2.24) is 4.90 Å². The highest BCUT2D eigenvalue weighted by atomic mass is 35.5. The lowest BCUT2D eigenvalue weighted by Crippen LogP contribution is -2.27. The van der Waals surface area contributed by atoms with E-state index in [1.807, 2.05) is 4.90 Å². The quantitative estimate of drug-likeness (QED) is 0.725. The molecule has 0 bridgehead atoms. The molecule has 4 nitrogen and oxygen atoms in total. The minimum Gasteiger partial charge on any atom is -0.507 e.